The maximum absolute atomic E-state index is 5.41. The monoisotopic (exact) mass is 233 g/mol. The highest BCUT2D eigenvalue weighted by Crippen LogP contribution is 2.28. The van der Waals surface area contributed by atoms with Gasteiger partial charge in [0.25, 0.3) is 0 Å². The zero-order valence-corrected chi connectivity index (χ0v) is 9.05. The molecule has 1 aliphatic heterocycles. The van der Waals surface area contributed by atoms with Crippen LogP contribution in [0.4, 0.5) is 0 Å². The summed E-state index contributed by atoms with van der Waals surface area (Å²) in [5.41, 5.74) is 7.27. The number of fused-ring (bicyclic) bond motifs is 1. The lowest BCUT2D eigenvalue weighted by Gasteiger charge is -2.17. The summed E-state index contributed by atoms with van der Waals surface area (Å²) in [4.78, 5) is 4.16. The number of hydrogen-bond acceptors (Lipinski definition) is 6. The summed E-state index contributed by atoms with van der Waals surface area (Å²) in [6.45, 7) is 1.08. The van der Waals surface area contributed by atoms with Gasteiger partial charge in [0.2, 0.25) is 11.7 Å². The van der Waals surface area contributed by atoms with Crippen LogP contribution in [0.5, 0.6) is 5.75 Å². The molecule has 1 aromatic carbocycles. The normalized spacial score (nSPS) is 14.2. The van der Waals surface area contributed by atoms with E-state index in [1.165, 1.54) is 0 Å². The zero-order chi connectivity index (χ0) is 11.7. The van der Waals surface area contributed by atoms with Crippen LogP contribution < -0.4 is 10.5 Å². The van der Waals surface area contributed by atoms with Crippen LogP contribution in [0.3, 0.4) is 0 Å². The minimum Gasteiger partial charge on any atom is -0.467 e. The van der Waals surface area contributed by atoms with E-state index in [9.17, 15) is 0 Å². The summed E-state index contributed by atoms with van der Waals surface area (Å²) in [6, 6.07) is 5.72. The molecule has 0 atom stereocenters. The van der Waals surface area contributed by atoms with E-state index in [0.717, 1.165) is 16.9 Å². The van der Waals surface area contributed by atoms with Gasteiger partial charge in [0.15, 0.2) is 6.79 Å². The van der Waals surface area contributed by atoms with Crippen molar-refractivity contribution >= 4 is 0 Å². The molecule has 0 fully saturated rings. The van der Waals surface area contributed by atoms with Crippen LogP contribution >= 0.6 is 0 Å². The van der Waals surface area contributed by atoms with E-state index >= 15 is 0 Å². The van der Waals surface area contributed by atoms with Gasteiger partial charge < -0.3 is 19.7 Å². The highest BCUT2D eigenvalue weighted by molar-refractivity contribution is 5.59. The topological polar surface area (TPSA) is 83.4 Å². The molecule has 2 aromatic rings. The molecule has 2 N–H and O–H groups in total. The Bertz CT molecular complexity index is 539. The van der Waals surface area contributed by atoms with E-state index < -0.39 is 0 Å². The second kappa shape index (κ2) is 4.15. The molecular weight excluding hydrogens is 222 g/mol. The Morgan fingerprint density at radius 2 is 2.29 bits per heavy atom. The molecule has 0 saturated heterocycles. The predicted molar refractivity (Wildman–Crippen MR) is 57.9 cm³/mol. The maximum atomic E-state index is 5.41. The maximum Gasteiger partial charge on any atom is 0.240 e. The Kier molecular flexibility index (Phi) is 2.50. The first-order chi connectivity index (χ1) is 8.36. The number of aromatic nitrogens is 2. The summed E-state index contributed by atoms with van der Waals surface area (Å²) in [6.07, 6.45) is 0. The molecule has 3 rings (SSSR count). The van der Waals surface area contributed by atoms with Gasteiger partial charge in [0.05, 0.1) is 13.2 Å². The first-order valence-corrected chi connectivity index (χ1v) is 5.23. The molecule has 0 amide bonds. The van der Waals surface area contributed by atoms with Crippen LogP contribution in [0.15, 0.2) is 22.7 Å². The molecule has 88 valence electrons. The number of nitrogens with two attached hydrogens (primary N) is 1. The first kappa shape index (κ1) is 10.2. The Morgan fingerprint density at radius 3 is 3.12 bits per heavy atom. The molecule has 1 aromatic heterocycles. The van der Waals surface area contributed by atoms with E-state index in [1.807, 2.05) is 18.2 Å². The van der Waals surface area contributed by atoms with E-state index in [4.69, 9.17) is 19.7 Å². The third kappa shape index (κ3) is 1.88. The average Bonchev–Trinajstić information content (AvgIpc) is 2.87. The summed E-state index contributed by atoms with van der Waals surface area (Å²) in [5.74, 6) is 1.73. The summed E-state index contributed by atoms with van der Waals surface area (Å²) >= 11 is 0. The molecule has 6 nitrogen and oxygen atoms in total. The Balaban J connectivity index is 1.97. The molecule has 1 aliphatic rings. The van der Waals surface area contributed by atoms with E-state index in [0.29, 0.717) is 18.3 Å². The molecule has 6 heteroatoms. The lowest BCUT2D eigenvalue weighted by molar-refractivity contribution is -0.0163. The van der Waals surface area contributed by atoms with Crippen LogP contribution in [0.25, 0.3) is 11.4 Å². The number of hydrogen-bond donors (Lipinski definition) is 1. The van der Waals surface area contributed by atoms with Gasteiger partial charge in [-0.2, -0.15) is 4.98 Å². The molecule has 0 aliphatic carbocycles. The second-order valence-corrected chi connectivity index (χ2v) is 3.65. The van der Waals surface area contributed by atoms with Crippen molar-refractivity contribution in [1.29, 1.82) is 0 Å². The van der Waals surface area contributed by atoms with Gasteiger partial charge in [0, 0.05) is 11.1 Å². The fraction of sp³-hybridized carbons (Fsp3) is 0.273. The largest absolute Gasteiger partial charge is 0.467 e. The molecule has 0 saturated carbocycles. The van der Waals surface area contributed by atoms with Crippen molar-refractivity contribution in [2.75, 3.05) is 6.79 Å². The number of benzene rings is 1. The van der Waals surface area contributed by atoms with Crippen molar-refractivity contribution in [2.45, 2.75) is 13.2 Å². The van der Waals surface area contributed by atoms with Crippen molar-refractivity contribution < 1.29 is 14.0 Å². The lowest BCUT2D eigenvalue weighted by atomic mass is 10.1. The third-order valence-corrected chi connectivity index (χ3v) is 2.52. The van der Waals surface area contributed by atoms with Gasteiger partial charge in [-0.25, -0.2) is 0 Å². The van der Waals surface area contributed by atoms with Crippen molar-refractivity contribution in [3.05, 3.63) is 29.7 Å². The highest BCUT2D eigenvalue weighted by atomic mass is 16.7. The van der Waals surface area contributed by atoms with E-state index in [2.05, 4.69) is 10.1 Å². The fourth-order valence-electron chi connectivity index (χ4n) is 1.66. The summed E-state index contributed by atoms with van der Waals surface area (Å²) in [7, 11) is 0. The standard InChI is InChI=1S/C11H11N3O3/c12-4-10-13-11(14-17-10)7-1-2-8-5-15-6-16-9(8)3-7/h1-3H,4-6,12H2. The van der Waals surface area contributed by atoms with Gasteiger partial charge in [0.1, 0.15) is 5.75 Å². The van der Waals surface area contributed by atoms with Crippen molar-refractivity contribution in [2.24, 2.45) is 5.73 Å². The van der Waals surface area contributed by atoms with Crippen molar-refractivity contribution in [3.63, 3.8) is 0 Å². The smallest absolute Gasteiger partial charge is 0.240 e. The molecule has 0 radical (unpaired) electrons. The molecule has 0 spiro atoms. The van der Waals surface area contributed by atoms with Gasteiger partial charge in [-0.05, 0) is 6.07 Å². The summed E-state index contributed by atoms with van der Waals surface area (Å²) in [5, 5.41) is 3.85. The average molecular weight is 233 g/mol. The summed E-state index contributed by atoms with van der Waals surface area (Å²) < 4.78 is 15.5. The molecule has 0 unspecified atom stereocenters. The Morgan fingerprint density at radius 1 is 1.35 bits per heavy atom. The molecular formula is C11H11N3O3. The Labute approximate surface area is 97.3 Å². The quantitative estimate of drug-likeness (QED) is 0.835. The van der Waals surface area contributed by atoms with Crippen LogP contribution in [0.1, 0.15) is 11.5 Å². The van der Waals surface area contributed by atoms with Gasteiger partial charge in [-0.3, -0.25) is 0 Å². The molecule has 2 heterocycles. The van der Waals surface area contributed by atoms with Gasteiger partial charge in [-0.15, -0.1) is 0 Å². The minimum atomic E-state index is 0.238. The highest BCUT2D eigenvalue weighted by Gasteiger charge is 2.14. The first-order valence-electron chi connectivity index (χ1n) is 5.23. The van der Waals surface area contributed by atoms with Crippen LogP contribution in [0, 0.1) is 0 Å². The zero-order valence-electron chi connectivity index (χ0n) is 9.05. The molecule has 17 heavy (non-hydrogen) atoms. The lowest BCUT2D eigenvalue weighted by Crippen LogP contribution is -2.11. The van der Waals surface area contributed by atoms with E-state index in [-0.39, 0.29) is 13.3 Å². The predicted octanol–water partition coefficient (Wildman–Crippen LogP) is 1.06. The molecule has 0 bridgehead atoms. The number of rotatable bonds is 2. The van der Waals surface area contributed by atoms with Crippen LogP contribution in [-0.2, 0) is 17.9 Å². The fourth-order valence-corrected chi connectivity index (χ4v) is 1.66. The second-order valence-electron chi connectivity index (χ2n) is 3.65. The van der Waals surface area contributed by atoms with Crippen LogP contribution in [-0.4, -0.2) is 16.9 Å². The van der Waals surface area contributed by atoms with Gasteiger partial charge >= 0.3 is 0 Å². The number of nitrogens with zero attached hydrogens (tertiary/aromatic N) is 2. The van der Waals surface area contributed by atoms with Crippen LogP contribution in [0.2, 0.25) is 0 Å². The van der Waals surface area contributed by atoms with Crippen molar-refractivity contribution in [3.8, 4) is 17.1 Å². The number of ether oxygens (including phenoxy) is 2. The third-order valence-electron chi connectivity index (χ3n) is 2.52. The Hall–Kier alpha value is -1.92. The van der Waals surface area contributed by atoms with Crippen molar-refractivity contribution in [1.82, 2.24) is 10.1 Å². The van der Waals surface area contributed by atoms with Gasteiger partial charge in [-0.1, -0.05) is 17.3 Å². The SMILES string of the molecule is NCc1nc(-c2ccc3c(c2)OCOC3)no1. The minimum absolute atomic E-state index is 0.238. The van der Waals surface area contributed by atoms with E-state index in [1.54, 1.807) is 0 Å².